The van der Waals surface area contributed by atoms with Gasteiger partial charge in [0.15, 0.2) is 0 Å². The first-order valence-electron chi connectivity index (χ1n) is 4.89. The molecule has 2 heteroatoms. The smallest absolute Gasteiger partial charge is 0.338 e. The molecule has 0 aliphatic carbocycles. The lowest BCUT2D eigenvalue weighted by Crippen LogP contribution is -2.07. The number of hydrogen-bond donors (Lipinski definition) is 0. The Kier molecular flexibility index (Phi) is 3.67. The van der Waals surface area contributed by atoms with Gasteiger partial charge in [-0.1, -0.05) is 12.6 Å². The van der Waals surface area contributed by atoms with Crippen molar-refractivity contribution in [2.75, 3.05) is 6.61 Å². The van der Waals surface area contributed by atoms with E-state index in [-0.39, 0.29) is 12.6 Å². The summed E-state index contributed by atoms with van der Waals surface area (Å²) in [5, 5.41) is 0. The molecule has 80 valence electrons. The molecule has 0 fully saturated rings. The predicted octanol–water partition coefficient (Wildman–Crippen LogP) is 3.04. The van der Waals surface area contributed by atoms with Crippen LogP contribution in [0, 0.1) is 13.8 Å². The molecule has 2 nitrogen and oxygen atoms in total. The molecule has 0 unspecified atom stereocenters. The first kappa shape index (κ1) is 11.5. The second-order valence-electron chi connectivity index (χ2n) is 3.83. The minimum Gasteiger partial charge on any atom is -0.458 e. The summed E-state index contributed by atoms with van der Waals surface area (Å²) in [4.78, 5) is 11.5. The van der Waals surface area contributed by atoms with Crippen LogP contribution in [0.3, 0.4) is 0 Å². The summed E-state index contributed by atoms with van der Waals surface area (Å²) in [6, 6.07) is 5.55. The van der Waals surface area contributed by atoms with Crippen molar-refractivity contribution >= 4 is 5.97 Å². The summed E-state index contributed by atoms with van der Waals surface area (Å²) in [6.07, 6.45) is 0. The topological polar surface area (TPSA) is 26.3 Å². The Balaban J connectivity index is 2.74. The van der Waals surface area contributed by atoms with Gasteiger partial charge in [-0.15, -0.1) is 0 Å². The first-order valence-corrected chi connectivity index (χ1v) is 4.89. The second-order valence-corrected chi connectivity index (χ2v) is 3.83. The molecule has 0 N–H and O–H groups in total. The van der Waals surface area contributed by atoms with Gasteiger partial charge in [0.25, 0.3) is 0 Å². The molecule has 0 spiro atoms. The van der Waals surface area contributed by atoms with Crippen LogP contribution in [-0.4, -0.2) is 12.6 Å². The average molecular weight is 204 g/mol. The Bertz CT molecular complexity index is 392. The molecule has 0 bridgehead atoms. The van der Waals surface area contributed by atoms with Crippen LogP contribution in [-0.2, 0) is 4.74 Å². The number of esters is 1. The van der Waals surface area contributed by atoms with Crippen molar-refractivity contribution in [3.05, 3.63) is 47.0 Å². The van der Waals surface area contributed by atoms with Crippen LogP contribution in [0.2, 0.25) is 0 Å². The summed E-state index contributed by atoms with van der Waals surface area (Å²) in [5.74, 6) is -0.291. The van der Waals surface area contributed by atoms with E-state index in [0.29, 0.717) is 5.56 Å². The molecule has 1 aromatic rings. The van der Waals surface area contributed by atoms with Gasteiger partial charge in [-0.25, -0.2) is 4.79 Å². The highest BCUT2D eigenvalue weighted by atomic mass is 16.5. The molecule has 0 atom stereocenters. The van der Waals surface area contributed by atoms with Crippen LogP contribution in [0.25, 0.3) is 0 Å². The van der Waals surface area contributed by atoms with Gasteiger partial charge in [-0.2, -0.15) is 0 Å². The first-order chi connectivity index (χ1) is 7.00. The van der Waals surface area contributed by atoms with E-state index in [9.17, 15) is 4.79 Å². The normalized spacial score (nSPS) is 9.80. The summed E-state index contributed by atoms with van der Waals surface area (Å²) in [6.45, 7) is 9.78. The number of rotatable bonds is 3. The van der Waals surface area contributed by atoms with E-state index < -0.39 is 0 Å². The van der Waals surface area contributed by atoms with Crippen molar-refractivity contribution in [1.82, 2.24) is 0 Å². The van der Waals surface area contributed by atoms with Gasteiger partial charge in [0.05, 0.1) is 5.56 Å². The zero-order valence-corrected chi connectivity index (χ0v) is 9.46. The Morgan fingerprint density at radius 3 is 2.53 bits per heavy atom. The molecule has 0 aromatic heterocycles. The lowest BCUT2D eigenvalue weighted by atomic mass is 10.1. The lowest BCUT2D eigenvalue weighted by molar-refractivity contribution is 0.0540. The van der Waals surface area contributed by atoms with Crippen LogP contribution in [0.4, 0.5) is 0 Å². The van der Waals surface area contributed by atoms with Crippen molar-refractivity contribution < 1.29 is 9.53 Å². The van der Waals surface area contributed by atoms with Crippen molar-refractivity contribution in [1.29, 1.82) is 0 Å². The predicted molar refractivity (Wildman–Crippen MR) is 61.0 cm³/mol. The maximum atomic E-state index is 11.5. The summed E-state index contributed by atoms with van der Waals surface area (Å²) < 4.78 is 5.05. The van der Waals surface area contributed by atoms with Gasteiger partial charge in [0.1, 0.15) is 6.61 Å². The largest absolute Gasteiger partial charge is 0.458 e. The van der Waals surface area contributed by atoms with Crippen molar-refractivity contribution in [3.8, 4) is 0 Å². The Morgan fingerprint density at radius 1 is 1.33 bits per heavy atom. The Labute approximate surface area is 90.6 Å². The molecule has 0 heterocycles. The van der Waals surface area contributed by atoms with Gasteiger partial charge in [-0.05, 0) is 49.6 Å². The van der Waals surface area contributed by atoms with E-state index in [1.165, 1.54) is 5.56 Å². The highest BCUT2D eigenvalue weighted by Gasteiger charge is 2.07. The third-order valence-corrected chi connectivity index (χ3v) is 2.19. The fourth-order valence-electron chi connectivity index (χ4n) is 1.14. The standard InChI is InChI=1S/C13H16O2/c1-9(2)8-15-13(14)12-6-5-10(3)11(4)7-12/h5-7H,1,8H2,2-4H3. The molecule has 15 heavy (non-hydrogen) atoms. The highest BCUT2D eigenvalue weighted by Crippen LogP contribution is 2.11. The molecule has 0 aliphatic rings. The number of benzene rings is 1. The highest BCUT2D eigenvalue weighted by molar-refractivity contribution is 5.89. The molecule has 0 saturated heterocycles. The minimum absolute atomic E-state index is 0.283. The Hall–Kier alpha value is -1.57. The monoisotopic (exact) mass is 204 g/mol. The summed E-state index contributed by atoms with van der Waals surface area (Å²) in [5.41, 5.74) is 3.71. The SMILES string of the molecule is C=C(C)COC(=O)c1ccc(C)c(C)c1. The summed E-state index contributed by atoms with van der Waals surface area (Å²) in [7, 11) is 0. The van der Waals surface area contributed by atoms with E-state index in [0.717, 1.165) is 11.1 Å². The summed E-state index contributed by atoms with van der Waals surface area (Å²) >= 11 is 0. The van der Waals surface area contributed by atoms with Crippen LogP contribution < -0.4 is 0 Å². The van der Waals surface area contributed by atoms with Crippen LogP contribution in [0.5, 0.6) is 0 Å². The maximum Gasteiger partial charge on any atom is 0.338 e. The van der Waals surface area contributed by atoms with Crippen molar-refractivity contribution in [2.45, 2.75) is 20.8 Å². The minimum atomic E-state index is -0.291. The molecular formula is C13H16O2. The number of carbonyl (C=O) groups is 1. The molecule has 1 aromatic carbocycles. The van der Waals surface area contributed by atoms with E-state index in [1.807, 2.05) is 32.9 Å². The zero-order valence-electron chi connectivity index (χ0n) is 9.46. The second kappa shape index (κ2) is 4.78. The molecule has 0 saturated carbocycles. The van der Waals surface area contributed by atoms with E-state index >= 15 is 0 Å². The number of carbonyl (C=O) groups excluding carboxylic acids is 1. The molecule has 1 rings (SSSR count). The third kappa shape index (κ3) is 3.24. The van der Waals surface area contributed by atoms with Gasteiger partial charge < -0.3 is 4.74 Å². The van der Waals surface area contributed by atoms with Gasteiger partial charge in [0.2, 0.25) is 0 Å². The van der Waals surface area contributed by atoms with Crippen LogP contribution >= 0.6 is 0 Å². The van der Waals surface area contributed by atoms with Gasteiger partial charge in [-0.3, -0.25) is 0 Å². The third-order valence-electron chi connectivity index (χ3n) is 2.19. The van der Waals surface area contributed by atoms with Crippen molar-refractivity contribution in [3.63, 3.8) is 0 Å². The van der Waals surface area contributed by atoms with E-state index in [1.54, 1.807) is 6.07 Å². The average Bonchev–Trinajstić information content (AvgIpc) is 2.18. The zero-order chi connectivity index (χ0) is 11.4. The quantitative estimate of drug-likeness (QED) is 0.558. The van der Waals surface area contributed by atoms with Crippen LogP contribution in [0.1, 0.15) is 28.4 Å². The van der Waals surface area contributed by atoms with Crippen LogP contribution in [0.15, 0.2) is 30.4 Å². The van der Waals surface area contributed by atoms with E-state index in [4.69, 9.17) is 4.74 Å². The van der Waals surface area contributed by atoms with Crippen molar-refractivity contribution in [2.24, 2.45) is 0 Å². The fraction of sp³-hybridized carbons (Fsp3) is 0.308. The fourth-order valence-corrected chi connectivity index (χ4v) is 1.14. The lowest BCUT2D eigenvalue weighted by Gasteiger charge is -2.06. The van der Waals surface area contributed by atoms with E-state index in [2.05, 4.69) is 6.58 Å². The molecule has 0 aliphatic heterocycles. The maximum absolute atomic E-state index is 11.5. The molecule has 0 amide bonds. The van der Waals surface area contributed by atoms with Gasteiger partial charge in [0, 0.05) is 0 Å². The molecule has 0 radical (unpaired) electrons. The number of ether oxygens (including phenoxy) is 1. The molecular weight excluding hydrogens is 188 g/mol. The number of hydrogen-bond acceptors (Lipinski definition) is 2. The Morgan fingerprint density at radius 2 is 2.00 bits per heavy atom. The number of aryl methyl sites for hydroxylation is 2. The van der Waals surface area contributed by atoms with Gasteiger partial charge >= 0.3 is 5.97 Å².